The zero-order valence-corrected chi connectivity index (χ0v) is 5.87. The van der Waals surface area contributed by atoms with Crippen molar-refractivity contribution in [2.24, 2.45) is 5.84 Å². The molecule has 0 bridgehead atoms. The number of carbonyl (C=O) groups excluding carboxylic acids is 1. The predicted molar refractivity (Wildman–Crippen MR) is 29.1 cm³/mol. The molecule has 0 spiro atoms. The topological polar surface area (TPSA) is 92.4 Å². The summed E-state index contributed by atoms with van der Waals surface area (Å²) in [6, 6.07) is 0. The second kappa shape index (κ2) is 6.27. The van der Waals surface area contributed by atoms with Crippen LogP contribution in [0.15, 0.2) is 12.2 Å². The fourth-order valence-electron chi connectivity index (χ4n) is 0.195. The Hall–Kier alpha value is -0.854. The maximum absolute atomic E-state index is 10.1. The van der Waals surface area contributed by atoms with Crippen LogP contribution < -0.4 is 11.3 Å². The van der Waals surface area contributed by atoms with Crippen molar-refractivity contribution in [1.29, 1.82) is 0 Å². The molecule has 6 heteroatoms. The number of amides is 1. The van der Waals surface area contributed by atoms with Crippen LogP contribution >= 0.6 is 0 Å². The molecule has 0 saturated carbocycles. The number of carboxylic acid groups (broad SMARTS) is 1. The van der Waals surface area contributed by atoms with Crippen LogP contribution in [-0.4, -0.2) is 17.0 Å². The number of nitrogens with one attached hydrogen (secondary N) is 1. The van der Waals surface area contributed by atoms with Crippen molar-refractivity contribution in [1.82, 2.24) is 5.43 Å². The Balaban J connectivity index is 0. The quantitative estimate of drug-likeness (QED) is 0.216. The van der Waals surface area contributed by atoms with Gasteiger partial charge in [0.15, 0.2) is 0 Å². The number of hydrazine groups is 1. The summed E-state index contributed by atoms with van der Waals surface area (Å²) in [5.74, 6) is 2.79. The monoisotopic (exact) mass is 189 g/mol. The van der Waals surface area contributed by atoms with Crippen LogP contribution in [0.4, 0.5) is 0 Å². The molecule has 0 atom stereocenters. The van der Waals surface area contributed by atoms with Gasteiger partial charge in [0.1, 0.15) is 0 Å². The molecule has 0 heterocycles. The van der Waals surface area contributed by atoms with E-state index in [1.165, 1.54) is 0 Å². The van der Waals surface area contributed by atoms with Gasteiger partial charge in [-0.05, 0) is 0 Å². The summed E-state index contributed by atoms with van der Waals surface area (Å²) in [6.45, 7) is 0. The van der Waals surface area contributed by atoms with E-state index in [9.17, 15) is 9.59 Å². The van der Waals surface area contributed by atoms with Gasteiger partial charge in [-0.2, -0.15) is 0 Å². The van der Waals surface area contributed by atoms with Crippen LogP contribution in [-0.2, 0) is 26.4 Å². The largest absolute Gasteiger partial charge is 0.478 e. The first kappa shape index (κ1) is 11.9. The Morgan fingerprint density at radius 1 is 1.40 bits per heavy atom. The molecule has 0 unspecified atom stereocenters. The number of hydrogen-bond acceptors (Lipinski definition) is 3. The Bertz CT molecular complexity index is 157. The molecule has 0 saturated heterocycles. The van der Waals surface area contributed by atoms with Crippen molar-refractivity contribution in [3.63, 3.8) is 0 Å². The molecule has 0 aromatic heterocycles. The second-order valence-corrected chi connectivity index (χ2v) is 1.18. The normalized spacial score (nSPS) is 8.50. The van der Waals surface area contributed by atoms with E-state index in [-0.39, 0.29) is 16.8 Å². The molecule has 1 radical (unpaired) electrons. The number of carbonyl (C=O) groups is 2. The summed E-state index contributed by atoms with van der Waals surface area (Å²) in [6.07, 6.45) is 1.52. The first-order valence-corrected chi connectivity index (χ1v) is 2.08. The van der Waals surface area contributed by atoms with Crippen LogP contribution in [0.3, 0.4) is 0 Å². The van der Waals surface area contributed by atoms with Crippen molar-refractivity contribution in [3.8, 4) is 0 Å². The van der Waals surface area contributed by atoms with E-state index in [0.717, 1.165) is 6.08 Å². The van der Waals surface area contributed by atoms with Crippen LogP contribution in [0.2, 0.25) is 0 Å². The van der Waals surface area contributed by atoms with Gasteiger partial charge in [-0.15, -0.1) is 0 Å². The number of aliphatic carboxylic acids is 1. The molecule has 1 amide bonds. The molecule has 10 heavy (non-hydrogen) atoms. The Morgan fingerprint density at radius 2 is 1.90 bits per heavy atom. The molecule has 0 aliphatic heterocycles. The second-order valence-electron chi connectivity index (χ2n) is 1.18. The van der Waals surface area contributed by atoms with Crippen LogP contribution in [0, 0.1) is 0 Å². The summed E-state index contributed by atoms with van der Waals surface area (Å²) in [5.41, 5.74) is 1.73. The van der Waals surface area contributed by atoms with Crippen molar-refractivity contribution in [3.05, 3.63) is 12.2 Å². The van der Waals surface area contributed by atoms with Crippen molar-refractivity contribution >= 4 is 11.9 Å². The van der Waals surface area contributed by atoms with Crippen molar-refractivity contribution in [2.75, 3.05) is 0 Å². The smallest absolute Gasteiger partial charge is 0.328 e. The zero-order valence-electron chi connectivity index (χ0n) is 4.83. The van der Waals surface area contributed by atoms with E-state index in [4.69, 9.17) is 5.11 Å². The third-order valence-electron chi connectivity index (χ3n) is 0.520. The number of nitrogens with two attached hydrogens (primary N) is 1. The molecule has 0 aliphatic carbocycles. The average Bonchev–Trinajstić information content (AvgIpc) is 1.83. The Morgan fingerprint density at radius 3 is 2.20 bits per heavy atom. The zero-order chi connectivity index (χ0) is 7.28. The van der Waals surface area contributed by atoms with E-state index >= 15 is 0 Å². The van der Waals surface area contributed by atoms with E-state index in [2.05, 4.69) is 5.84 Å². The molecule has 4 N–H and O–H groups in total. The third kappa shape index (κ3) is 7.15. The van der Waals surface area contributed by atoms with Gasteiger partial charge in [0, 0.05) is 28.9 Å². The van der Waals surface area contributed by atoms with E-state index in [1.807, 2.05) is 0 Å². The van der Waals surface area contributed by atoms with Gasteiger partial charge < -0.3 is 5.11 Å². The average molecular weight is 189 g/mol. The summed E-state index contributed by atoms with van der Waals surface area (Å²) >= 11 is 0. The molecule has 59 valence electrons. The molecule has 5 nitrogen and oxygen atoms in total. The number of carboxylic acids is 1. The minimum Gasteiger partial charge on any atom is -0.478 e. The van der Waals surface area contributed by atoms with Gasteiger partial charge in [-0.25, -0.2) is 10.6 Å². The van der Waals surface area contributed by atoms with Crippen molar-refractivity contribution in [2.45, 2.75) is 0 Å². The maximum Gasteiger partial charge on any atom is 0.328 e. The third-order valence-corrected chi connectivity index (χ3v) is 0.520. The van der Waals surface area contributed by atoms with Gasteiger partial charge in [0.25, 0.3) is 5.91 Å². The van der Waals surface area contributed by atoms with E-state index < -0.39 is 11.9 Å². The first-order valence-electron chi connectivity index (χ1n) is 2.08. The fraction of sp³-hybridized carbons (Fsp3) is 0. The van der Waals surface area contributed by atoms with Crippen LogP contribution in [0.5, 0.6) is 0 Å². The van der Waals surface area contributed by atoms with Crippen molar-refractivity contribution < 1.29 is 31.5 Å². The van der Waals surface area contributed by atoms with Crippen LogP contribution in [0.25, 0.3) is 0 Å². The molecule has 0 aromatic carbocycles. The molecular weight excluding hydrogens is 183 g/mol. The Kier molecular flexibility index (Phi) is 7.45. The van der Waals surface area contributed by atoms with E-state index in [1.54, 1.807) is 5.43 Å². The van der Waals surface area contributed by atoms with Gasteiger partial charge in [-0.1, -0.05) is 0 Å². The fourth-order valence-corrected chi connectivity index (χ4v) is 0.195. The predicted octanol–water partition coefficient (Wildman–Crippen LogP) is -1.39. The molecule has 0 aromatic rings. The molecule has 0 aliphatic rings. The van der Waals surface area contributed by atoms with Gasteiger partial charge in [0.2, 0.25) is 0 Å². The number of hydrogen-bond donors (Lipinski definition) is 3. The standard InChI is InChI=1S/C4H6N2O3.Co/c5-6-3(7)1-2-4(8)9;/h1-2H,5H2,(H,6,7)(H,8,9);. The summed E-state index contributed by atoms with van der Waals surface area (Å²) in [5, 5.41) is 7.95. The van der Waals surface area contributed by atoms with Gasteiger partial charge in [-0.3, -0.25) is 10.2 Å². The summed E-state index contributed by atoms with van der Waals surface area (Å²) < 4.78 is 0. The van der Waals surface area contributed by atoms with Crippen LogP contribution in [0.1, 0.15) is 0 Å². The number of rotatable bonds is 2. The van der Waals surface area contributed by atoms with Gasteiger partial charge >= 0.3 is 5.97 Å². The SMILES string of the molecule is NNC(=O)C=CC(=O)O.[Co]. The van der Waals surface area contributed by atoms with E-state index in [0.29, 0.717) is 6.08 Å². The first-order chi connectivity index (χ1) is 4.16. The minimum absolute atomic E-state index is 0. The summed E-state index contributed by atoms with van der Waals surface area (Å²) in [4.78, 5) is 19.8. The Labute approximate surface area is 67.4 Å². The molecular formula is C4H6CoN2O3. The maximum atomic E-state index is 10.1. The molecule has 0 rings (SSSR count). The summed E-state index contributed by atoms with van der Waals surface area (Å²) in [7, 11) is 0. The molecule has 0 fully saturated rings. The van der Waals surface area contributed by atoms with Gasteiger partial charge in [0.05, 0.1) is 0 Å². The minimum atomic E-state index is -1.18.